The van der Waals surface area contributed by atoms with E-state index in [1.54, 1.807) is 18.2 Å². The summed E-state index contributed by atoms with van der Waals surface area (Å²) in [6, 6.07) is 4.92. The lowest BCUT2D eigenvalue weighted by Crippen LogP contribution is -2.32. The van der Waals surface area contributed by atoms with E-state index in [4.69, 9.17) is 0 Å². The number of hydrogen-bond donors (Lipinski definition) is 1. The second-order valence-corrected chi connectivity index (χ2v) is 7.26. The van der Waals surface area contributed by atoms with Crippen molar-refractivity contribution in [2.24, 2.45) is 11.8 Å². The van der Waals surface area contributed by atoms with Gasteiger partial charge >= 0.3 is 0 Å². The van der Waals surface area contributed by atoms with Gasteiger partial charge in [0.15, 0.2) is 0 Å². The molecule has 1 N–H and O–H groups in total. The zero-order valence-electron chi connectivity index (χ0n) is 14.9. The number of nitrogens with one attached hydrogen (secondary N) is 1. The van der Waals surface area contributed by atoms with E-state index in [9.17, 15) is 14.4 Å². The number of likely N-dealkylation sites (tertiary alicyclic amines) is 1. The molecule has 1 aromatic rings. The number of halogens is 1. The van der Waals surface area contributed by atoms with Crippen LogP contribution in [0.15, 0.2) is 18.2 Å². The Morgan fingerprint density at radius 3 is 2.42 bits per heavy atom. The lowest BCUT2D eigenvalue weighted by Gasteiger charge is -2.17. The number of imide groups is 1. The van der Waals surface area contributed by atoms with Crippen LogP contribution >= 0.6 is 12.4 Å². The highest BCUT2D eigenvalue weighted by atomic mass is 35.5. The van der Waals surface area contributed by atoms with Crippen LogP contribution in [0.1, 0.15) is 50.8 Å². The Hall–Kier alpha value is -1.92. The summed E-state index contributed by atoms with van der Waals surface area (Å²) in [4.78, 5) is 40.9. The van der Waals surface area contributed by atoms with Crippen molar-refractivity contribution in [1.82, 2.24) is 15.1 Å². The summed E-state index contributed by atoms with van der Waals surface area (Å²) in [7, 11) is 0. The van der Waals surface area contributed by atoms with Crippen LogP contribution in [-0.2, 0) is 0 Å². The van der Waals surface area contributed by atoms with Crippen LogP contribution in [0, 0.1) is 11.8 Å². The topological polar surface area (TPSA) is 69.7 Å². The molecule has 3 aliphatic heterocycles. The highest BCUT2D eigenvalue weighted by molar-refractivity contribution is 6.22. The number of hydrogen-bond acceptors (Lipinski definition) is 4. The number of carbonyl (C=O) groups excluding carboxylic acids is 3. The van der Waals surface area contributed by atoms with Gasteiger partial charge in [-0.2, -0.15) is 0 Å². The van der Waals surface area contributed by atoms with Crippen molar-refractivity contribution in [3.63, 3.8) is 0 Å². The minimum Gasteiger partial charge on any atom is -0.338 e. The summed E-state index contributed by atoms with van der Waals surface area (Å²) in [5.41, 5.74) is 1.29. The van der Waals surface area contributed by atoms with Crippen LogP contribution in [0.2, 0.25) is 0 Å². The summed E-state index contributed by atoms with van der Waals surface area (Å²) >= 11 is 0. The van der Waals surface area contributed by atoms with Gasteiger partial charge in [0.25, 0.3) is 17.7 Å². The first-order valence-electron chi connectivity index (χ1n) is 9.10. The van der Waals surface area contributed by atoms with E-state index in [1.807, 2.05) is 11.8 Å². The number of rotatable bonds is 4. The molecule has 3 heterocycles. The van der Waals surface area contributed by atoms with Crippen molar-refractivity contribution in [2.45, 2.75) is 19.8 Å². The lowest BCUT2D eigenvalue weighted by molar-refractivity contribution is 0.0652. The number of unbranched alkanes of at least 4 members (excludes halogenated alkanes) is 1. The maximum Gasteiger partial charge on any atom is 0.261 e. The molecule has 26 heavy (non-hydrogen) atoms. The molecular weight excluding hydrogens is 354 g/mol. The average molecular weight is 378 g/mol. The summed E-state index contributed by atoms with van der Waals surface area (Å²) in [6.07, 6.45) is 1.71. The molecule has 3 amide bonds. The number of amides is 3. The molecule has 0 saturated carbocycles. The third-order valence-electron chi connectivity index (χ3n) is 5.63. The molecule has 0 bridgehead atoms. The van der Waals surface area contributed by atoms with Crippen LogP contribution in [0.4, 0.5) is 0 Å². The van der Waals surface area contributed by atoms with E-state index < -0.39 is 0 Å². The fraction of sp³-hybridized carbons (Fsp3) is 0.526. The normalized spacial score (nSPS) is 23.9. The Morgan fingerprint density at radius 1 is 1.12 bits per heavy atom. The molecule has 0 spiro atoms. The molecule has 0 aliphatic carbocycles. The molecule has 0 radical (unpaired) electrons. The number of fused-ring (bicyclic) bond motifs is 2. The molecular formula is C19H24ClN3O3. The smallest absolute Gasteiger partial charge is 0.261 e. The average Bonchev–Trinajstić information content (AvgIpc) is 3.27. The monoisotopic (exact) mass is 377 g/mol. The Labute approximate surface area is 159 Å². The van der Waals surface area contributed by atoms with E-state index in [0.717, 1.165) is 39.0 Å². The van der Waals surface area contributed by atoms with Gasteiger partial charge in [-0.1, -0.05) is 13.3 Å². The maximum absolute atomic E-state index is 12.8. The number of benzene rings is 1. The molecule has 2 saturated heterocycles. The summed E-state index contributed by atoms with van der Waals surface area (Å²) < 4.78 is 0. The highest BCUT2D eigenvalue weighted by Crippen LogP contribution is 2.29. The zero-order chi connectivity index (χ0) is 17.6. The predicted octanol–water partition coefficient (Wildman–Crippen LogP) is 1.80. The zero-order valence-corrected chi connectivity index (χ0v) is 15.7. The lowest BCUT2D eigenvalue weighted by atomic mass is 10.0. The van der Waals surface area contributed by atoms with Gasteiger partial charge in [-0.25, -0.2) is 0 Å². The second-order valence-electron chi connectivity index (χ2n) is 7.26. The summed E-state index contributed by atoms with van der Waals surface area (Å²) in [5.74, 6) is 0.515. The van der Waals surface area contributed by atoms with Crippen molar-refractivity contribution < 1.29 is 14.4 Å². The van der Waals surface area contributed by atoms with Gasteiger partial charge < -0.3 is 10.2 Å². The Bertz CT molecular complexity index is 740. The number of carbonyl (C=O) groups is 3. The van der Waals surface area contributed by atoms with E-state index in [2.05, 4.69) is 5.32 Å². The predicted molar refractivity (Wildman–Crippen MR) is 99.7 cm³/mol. The van der Waals surface area contributed by atoms with Crippen molar-refractivity contribution >= 4 is 30.1 Å². The van der Waals surface area contributed by atoms with Crippen LogP contribution in [0.3, 0.4) is 0 Å². The van der Waals surface area contributed by atoms with Crippen molar-refractivity contribution in [1.29, 1.82) is 0 Å². The summed E-state index contributed by atoms with van der Waals surface area (Å²) in [5, 5.41) is 3.36. The standard InChI is InChI=1S/C19H23N3O3.ClH/c1-2-3-6-22-18(24)15-5-4-12(7-16(15)19(22)25)17(23)21-10-13-8-20-9-14(13)11-21;/h4-5,7,13-14,20H,2-3,6,8-11H2,1H3;1H/t13-,14+;. The number of nitrogens with zero attached hydrogens (tertiary/aromatic N) is 2. The minimum absolute atomic E-state index is 0. The van der Waals surface area contributed by atoms with Gasteiger partial charge in [-0.3, -0.25) is 19.3 Å². The van der Waals surface area contributed by atoms with Crippen molar-refractivity contribution in [2.75, 3.05) is 32.7 Å². The Kier molecular flexibility index (Phi) is 5.34. The fourth-order valence-electron chi connectivity index (χ4n) is 4.15. The quantitative estimate of drug-likeness (QED) is 0.812. The molecule has 6 nitrogen and oxygen atoms in total. The van der Waals surface area contributed by atoms with Crippen molar-refractivity contribution in [3.05, 3.63) is 34.9 Å². The molecule has 0 aromatic heterocycles. The van der Waals surface area contributed by atoms with Gasteiger partial charge in [-0.05, 0) is 36.5 Å². The second kappa shape index (κ2) is 7.37. The van der Waals surface area contributed by atoms with Crippen LogP contribution in [0.25, 0.3) is 0 Å². The Morgan fingerprint density at radius 2 is 1.77 bits per heavy atom. The molecule has 3 aliphatic rings. The first-order chi connectivity index (χ1) is 12.1. The van der Waals surface area contributed by atoms with E-state index in [0.29, 0.717) is 35.1 Å². The van der Waals surface area contributed by atoms with Gasteiger partial charge in [0.05, 0.1) is 11.1 Å². The molecule has 2 fully saturated rings. The molecule has 4 rings (SSSR count). The maximum atomic E-state index is 12.8. The van der Waals surface area contributed by atoms with Gasteiger partial charge in [0.1, 0.15) is 0 Å². The van der Waals surface area contributed by atoms with Gasteiger partial charge in [0, 0.05) is 38.3 Å². The first-order valence-corrected chi connectivity index (χ1v) is 9.10. The largest absolute Gasteiger partial charge is 0.338 e. The third-order valence-corrected chi connectivity index (χ3v) is 5.63. The van der Waals surface area contributed by atoms with Crippen molar-refractivity contribution in [3.8, 4) is 0 Å². The SMILES string of the molecule is CCCCN1C(=O)c2ccc(C(=O)N3C[C@H]4CNC[C@H]4C3)cc2C1=O.Cl. The summed E-state index contributed by atoms with van der Waals surface area (Å²) in [6.45, 7) is 5.94. The van der Waals surface area contributed by atoms with Crippen LogP contribution in [-0.4, -0.2) is 60.2 Å². The first kappa shape index (κ1) is 18.9. The van der Waals surface area contributed by atoms with Gasteiger partial charge in [-0.15, -0.1) is 12.4 Å². The molecule has 140 valence electrons. The molecule has 1 aromatic carbocycles. The molecule has 2 atom stereocenters. The fourth-order valence-corrected chi connectivity index (χ4v) is 4.15. The molecule has 0 unspecified atom stereocenters. The Balaban J connectivity index is 0.00000196. The highest BCUT2D eigenvalue weighted by Gasteiger charge is 2.39. The third kappa shape index (κ3) is 3.01. The van der Waals surface area contributed by atoms with Gasteiger partial charge in [0.2, 0.25) is 0 Å². The van der Waals surface area contributed by atoms with E-state index in [-0.39, 0.29) is 30.1 Å². The van der Waals surface area contributed by atoms with Crippen LogP contribution < -0.4 is 5.32 Å². The molecule has 7 heteroatoms. The van der Waals surface area contributed by atoms with E-state index >= 15 is 0 Å². The minimum atomic E-state index is -0.273. The van der Waals surface area contributed by atoms with Crippen LogP contribution in [0.5, 0.6) is 0 Å². The van der Waals surface area contributed by atoms with E-state index in [1.165, 1.54) is 4.90 Å².